The van der Waals surface area contributed by atoms with E-state index in [1.54, 1.807) is 7.11 Å². The molecule has 1 N–H and O–H groups in total. The predicted molar refractivity (Wildman–Crippen MR) is 116 cm³/mol. The fourth-order valence-corrected chi connectivity index (χ4v) is 8.26. The van der Waals surface area contributed by atoms with Gasteiger partial charge in [0.05, 0.1) is 23.2 Å². The van der Waals surface area contributed by atoms with Gasteiger partial charge in [-0.05, 0) is 69.5 Å². The number of oxime groups is 1. The maximum Gasteiger partial charge on any atom is 0.150 e. The molecule has 4 atom stereocenters. The molecule has 160 valence electrons. The van der Waals surface area contributed by atoms with E-state index in [1.165, 1.54) is 43.4 Å². The van der Waals surface area contributed by atoms with E-state index in [4.69, 9.17) is 4.84 Å². The van der Waals surface area contributed by atoms with Gasteiger partial charge in [0.2, 0.25) is 0 Å². The van der Waals surface area contributed by atoms with E-state index in [0.717, 1.165) is 38.6 Å². The van der Waals surface area contributed by atoms with Gasteiger partial charge >= 0.3 is 0 Å². The first-order chi connectivity index (χ1) is 13.5. The lowest BCUT2D eigenvalue weighted by Gasteiger charge is -2.43. The lowest BCUT2D eigenvalue weighted by Crippen LogP contribution is -2.58. The molecule has 28 heavy (non-hydrogen) atoms. The molecule has 0 amide bonds. The van der Waals surface area contributed by atoms with E-state index in [0.29, 0.717) is 29.4 Å². The molecular weight excluding hydrogens is 394 g/mol. The number of hydrogen-bond acceptors (Lipinski definition) is 7. The van der Waals surface area contributed by atoms with Crippen LogP contribution in [0.4, 0.5) is 0 Å². The number of sulfone groups is 1. The van der Waals surface area contributed by atoms with Crippen molar-refractivity contribution in [3.05, 3.63) is 0 Å². The van der Waals surface area contributed by atoms with Crippen LogP contribution in [0.2, 0.25) is 0 Å². The van der Waals surface area contributed by atoms with E-state index in [9.17, 15) is 8.42 Å². The van der Waals surface area contributed by atoms with Gasteiger partial charge in [-0.1, -0.05) is 5.16 Å². The van der Waals surface area contributed by atoms with Gasteiger partial charge in [0, 0.05) is 24.1 Å². The van der Waals surface area contributed by atoms with Crippen LogP contribution >= 0.6 is 11.8 Å². The van der Waals surface area contributed by atoms with Crippen LogP contribution in [0.5, 0.6) is 0 Å². The molecular formula is C20H35N3O3S2. The molecule has 3 saturated heterocycles. The topological polar surface area (TPSA) is 71.0 Å². The summed E-state index contributed by atoms with van der Waals surface area (Å²) in [6.45, 7) is 1.14. The Bertz CT molecular complexity index is 670. The molecule has 1 aliphatic carbocycles. The molecule has 0 radical (unpaired) electrons. The van der Waals surface area contributed by atoms with E-state index >= 15 is 0 Å². The highest BCUT2D eigenvalue weighted by Crippen LogP contribution is 2.38. The number of rotatable bonds is 5. The summed E-state index contributed by atoms with van der Waals surface area (Å²) in [6, 6.07) is 0.827. The van der Waals surface area contributed by atoms with Crippen LogP contribution in [0.1, 0.15) is 57.8 Å². The van der Waals surface area contributed by atoms with Gasteiger partial charge in [0.1, 0.15) is 16.9 Å². The van der Waals surface area contributed by atoms with Gasteiger partial charge in [0.15, 0.2) is 0 Å². The Morgan fingerprint density at radius 1 is 1.11 bits per heavy atom. The van der Waals surface area contributed by atoms with E-state index < -0.39 is 9.84 Å². The molecule has 8 heteroatoms. The predicted octanol–water partition coefficient (Wildman–Crippen LogP) is 2.64. The summed E-state index contributed by atoms with van der Waals surface area (Å²) in [7, 11) is -1.24. The molecule has 3 heterocycles. The van der Waals surface area contributed by atoms with Gasteiger partial charge in [-0.15, -0.1) is 0 Å². The third-order valence-corrected chi connectivity index (χ3v) is 10.4. The van der Waals surface area contributed by atoms with Gasteiger partial charge in [-0.2, -0.15) is 11.8 Å². The van der Waals surface area contributed by atoms with Crippen LogP contribution < -0.4 is 5.32 Å². The highest BCUT2D eigenvalue weighted by Gasteiger charge is 2.44. The molecule has 4 fully saturated rings. The normalized spacial score (nSPS) is 40.4. The summed E-state index contributed by atoms with van der Waals surface area (Å²) >= 11 is 2.02. The molecule has 4 aliphatic rings. The van der Waals surface area contributed by atoms with Crippen LogP contribution in [0.3, 0.4) is 0 Å². The molecule has 0 aromatic heterocycles. The van der Waals surface area contributed by atoms with Gasteiger partial charge in [-0.25, -0.2) is 8.42 Å². The fourth-order valence-electron chi connectivity index (χ4n) is 5.80. The number of thioether (sulfide) groups is 1. The number of piperidine rings is 1. The van der Waals surface area contributed by atoms with Crippen molar-refractivity contribution < 1.29 is 13.3 Å². The molecule has 0 spiro atoms. The third kappa shape index (κ3) is 4.40. The van der Waals surface area contributed by atoms with Crippen molar-refractivity contribution in [2.24, 2.45) is 11.1 Å². The molecule has 4 rings (SSSR count). The van der Waals surface area contributed by atoms with Crippen molar-refractivity contribution in [3.63, 3.8) is 0 Å². The zero-order valence-corrected chi connectivity index (χ0v) is 18.8. The van der Waals surface area contributed by atoms with Gasteiger partial charge in [0.25, 0.3) is 0 Å². The minimum absolute atomic E-state index is 0.131. The van der Waals surface area contributed by atoms with Crippen LogP contribution in [0, 0.1) is 5.92 Å². The average Bonchev–Trinajstić information content (AvgIpc) is 3.35. The standard InChI is InChI=1S/C20H35N3O3S2/c1-26-22-19(18-4-3-13-27-18)17-10-5-14-11-12-23(20(14)21-17)15-6-8-16(9-7-15)28(2,24)25/h14-18,20-21H,3-13H2,1-2H3/b22-19+. The highest BCUT2D eigenvalue weighted by atomic mass is 32.2. The SMILES string of the molecule is CO/N=C(\C1CCC2CCN(C3CCC(S(C)(=O)=O)CC3)C2N1)C1CCCS1. The fraction of sp³-hybridized carbons (Fsp3) is 0.950. The van der Waals surface area contributed by atoms with Crippen molar-refractivity contribution in [2.75, 3.05) is 25.7 Å². The Labute approximate surface area is 174 Å². The van der Waals surface area contributed by atoms with Crippen LogP contribution in [-0.2, 0) is 14.7 Å². The van der Waals surface area contributed by atoms with E-state index in [1.807, 2.05) is 11.8 Å². The monoisotopic (exact) mass is 429 g/mol. The summed E-state index contributed by atoms with van der Waals surface area (Å²) in [6.07, 6.45) is 11.6. The van der Waals surface area contributed by atoms with Crippen molar-refractivity contribution in [2.45, 2.75) is 86.5 Å². The highest BCUT2D eigenvalue weighted by molar-refractivity contribution is 8.00. The summed E-state index contributed by atoms with van der Waals surface area (Å²) in [5.74, 6) is 1.94. The first-order valence-electron chi connectivity index (χ1n) is 10.9. The second kappa shape index (κ2) is 8.82. The third-order valence-electron chi connectivity index (χ3n) is 7.29. The first kappa shape index (κ1) is 20.9. The Morgan fingerprint density at radius 2 is 1.89 bits per heavy atom. The molecule has 3 aliphatic heterocycles. The minimum atomic E-state index is -2.90. The van der Waals surface area contributed by atoms with Crippen molar-refractivity contribution >= 4 is 27.3 Å². The van der Waals surface area contributed by atoms with Crippen molar-refractivity contribution in [1.29, 1.82) is 0 Å². The maximum absolute atomic E-state index is 11.9. The average molecular weight is 430 g/mol. The Morgan fingerprint density at radius 3 is 2.54 bits per heavy atom. The van der Waals surface area contributed by atoms with Gasteiger partial charge in [-0.3, -0.25) is 10.2 Å². The maximum atomic E-state index is 11.9. The largest absolute Gasteiger partial charge is 0.399 e. The summed E-state index contributed by atoms with van der Waals surface area (Å²) < 4.78 is 23.8. The molecule has 0 bridgehead atoms. The Hall–Kier alpha value is -0.310. The van der Waals surface area contributed by atoms with Crippen LogP contribution in [-0.4, -0.2) is 73.4 Å². The Kier molecular flexibility index (Phi) is 6.60. The van der Waals surface area contributed by atoms with E-state index in [2.05, 4.69) is 15.4 Å². The number of hydrogen-bond donors (Lipinski definition) is 1. The lowest BCUT2D eigenvalue weighted by molar-refractivity contribution is 0.0851. The second-order valence-corrected chi connectivity index (χ2v) is 12.6. The molecule has 0 aromatic carbocycles. The molecule has 0 aromatic rings. The summed E-state index contributed by atoms with van der Waals surface area (Å²) in [5.41, 5.74) is 1.20. The quantitative estimate of drug-likeness (QED) is 0.535. The lowest BCUT2D eigenvalue weighted by atomic mass is 9.87. The van der Waals surface area contributed by atoms with Crippen LogP contribution in [0.25, 0.3) is 0 Å². The molecule has 1 saturated carbocycles. The zero-order chi connectivity index (χ0) is 19.7. The first-order valence-corrected chi connectivity index (χ1v) is 13.9. The molecule has 4 unspecified atom stereocenters. The number of fused-ring (bicyclic) bond motifs is 1. The molecule has 6 nitrogen and oxygen atoms in total. The number of nitrogens with one attached hydrogen (secondary N) is 1. The number of nitrogens with zero attached hydrogens (tertiary/aromatic N) is 2. The zero-order valence-electron chi connectivity index (χ0n) is 17.2. The minimum Gasteiger partial charge on any atom is -0.399 e. The van der Waals surface area contributed by atoms with Crippen molar-refractivity contribution in [3.8, 4) is 0 Å². The number of likely N-dealkylation sites (tertiary alicyclic amines) is 1. The second-order valence-electron chi connectivity index (χ2n) is 8.99. The van der Waals surface area contributed by atoms with Crippen molar-refractivity contribution in [1.82, 2.24) is 10.2 Å². The smallest absolute Gasteiger partial charge is 0.150 e. The summed E-state index contributed by atoms with van der Waals surface area (Å²) in [5, 5.41) is 8.78. The van der Waals surface area contributed by atoms with Gasteiger partial charge < -0.3 is 4.84 Å². The summed E-state index contributed by atoms with van der Waals surface area (Å²) in [4.78, 5) is 7.89. The Balaban J connectivity index is 1.42. The van der Waals surface area contributed by atoms with E-state index in [-0.39, 0.29) is 5.25 Å². The van der Waals surface area contributed by atoms with Crippen LogP contribution in [0.15, 0.2) is 5.16 Å².